The number of Topliss-reactive ketones (excluding diaryl/α,β-unsaturated/α-hetero) is 1. The van der Waals surface area contributed by atoms with Crippen molar-refractivity contribution in [2.75, 3.05) is 0 Å². The number of benzene rings is 4. The molecule has 13 heteroatoms. The number of hydrogen-bond acceptors (Lipinski definition) is 4. The molecule has 0 saturated carbocycles. The maximum Gasteiger partial charge on any atom is 0.416 e. The van der Waals surface area contributed by atoms with E-state index in [1.165, 1.54) is 25.1 Å². The second-order valence-corrected chi connectivity index (χ2v) is 10.7. The lowest BCUT2D eigenvalue weighted by Gasteiger charge is -2.17. The summed E-state index contributed by atoms with van der Waals surface area (Å²) in [6, 6.07) is 18.7. The highest BCUT2D eigenvalue weighted by atomic mass is 35.5. The molecule has 0 aromatic heterocycles. The number of hydrogen-bond donors (Lipinski definition) is 1. The van der Waals surface area contributed by atoms with Crippen molar-refractivity contribution in [3.63, 3.8) is 0 Å². The minimum Gasteiger partial charge on any atom is -0.484 e. The first-order chi connectivity index (χ1) is 21.4. The van der Waals surface area contributed by atoms with Crippen LogP contribution in [-0.2, 0) is 12.4 Å². The molecule has 46 heavy (non-hydrogen) atoms. The molecular weight excluding hydrogens is 661 g/mol. The van der Waals surface area contributed by atoms with Crippen LogP contribution < -0.4 is 9.47 Å². The fourth-order valence-corrected chi connectivity index (χ4v) is 4.45. The van der Waals surface area contributed by atoms with E-state index < -0.39 is 41.7 Å². The second kappa shape index (κ2) is 14.9. The summed E-state index contributed by atoms with van der Waals surface area (Å²) >= 11 is 11.7. The average molecular weight is 687 g/mol. The van der Waals surface area contributed by atoms with Crippen molar-refractivity contribution in [1.29, 1.82) is 0 Å². The largest absolute Gasteiger partial charge is 0.484 e. The summed E-state index contributed by atoms with van der Waals surface area (Å²) in [5, 5.41) is 8.68. The predicted molar refractivity (Wildman–Crippen MR) is 161 cm³/mol. The summed E-state index contributed by atoms with van der Waals surface area (Å²) in [5.41, 5.74) is 0.235. The van der Waals surface area contributed by atoms with Crippen LogP contribution in [0.25, 0.3) is 0 Å². The van der Waals surface area contributed by atoms with Gasteiger partial charge in [-0.2, -0.15) is 26.3 Å². The number of aromatic carboxylic acids is 1. The monoisotopic (exact) mass is 686 g/mol. The third-order valence-electron chi connectivity index (χ3n) is 6.49. The van der Waals surface area contributed by atoms with Crippen LogP contribution in [0.4, 0.5) is 26.3 Å². The van der Waals surface area contributed by atoms with E-state index in [9.17, 15) is 35.9 Å². The van der Waals surface area contributed by atoms with E-state index in [2.05, 4.69) is 0 Å². The lowest BCUT2D eigenvalue weighted by Crippen LogP contribution is -2.07. The van der Waals surface area contributed by atoms with Crippen molar-refractivity contribution in [1.82, 2.24) is 0 Å². The highest BCUT2D eigenvalue weighted by molar-refractivity contribution is 6.32. The number of rotatable bonds is 8. The first-order valence-electron chi connectivity index (χ1n) is 13.4. The number of ketones is 1. The Morgan fingerprint density at radius 2 is 1.04 bits per heavy atom. The Hall–Kier alpha value is -4.22. The third-order valence-corrected chi connectivity index (χ3v) is 7.08. The maximum absolute atomic E-state index is 12.6. The minimum absolute atomic E-state index is 0.0772. The summed E-state index contributed by atoms with van der Waals surface area (Å²) < 4.78 is 86.8. The summed E-state index contributed by atoms with van der Waals surface area (Å²) in [7, 11) is 0. The SMILES string of the molecule is CC(=O)c1cccc(C(C)Oc2ccc(C(F)(F)F)cc2Cl)c1.CC(Oc1ccc(C(F)(F)F)cc1Cl)c1cccc(C(=O)O)c1. The molecule has 0 spiro atoms. The molecular formula is C33H26Cl2F6O5. The van der Waals surface area contributed by atoms with Crippen LogP contribution in [0.15, 0.2) is 84.9 Å². The van der Waals surface area contributed by atoms with E-state index >= 15 is 0 Å². The molecule has 1 N–H and O–H groups in total. The first-order valence-corrected chi connectivity index (χ1v) is 14.1. The van der Waals surface area contributed by atoms with Crippen LogP contribution in [0.3, 0.4) is 0 Å². The Morgan fingerprint density at radius 1 is 0.652 bits per heavy atom. The van der Waals surface area contributed by atoms with Crippen molar-refractivity contribution < 1.29 is 50.5 Å². The summed E-state index contributed by atoms with van der Waals surface area (Å²) in [6.07, 6.45) is -9.99. The van der Waals surface area contributed by atoms with E-state index in [1.54, 1.807) is 50.2 Å². The molecule has 0 bridgehead atoms. The van der Waals surface area contributed by atoms with Gasteiger partial charge in [0.05, 0.1) is 26.7 Å². The Morgan fingerprint density at radius 3 is 1.39 bits per heavy atom. The lowest BCUT2D eigenvalue weighted by atomic mass is 10.0. The number of carboxylic acids is 1. The fraction of sp³-hybridized carbons (Fsp3) is 0.212. The number of carboxylic acid groups (broad SMARTS) is 1. The van der Waals surface area contributed by atoms with Crippen LogP contribution in [0.5, 0.6) is 11.5 Å². The van der Waals surface area contributed by atoms with Gasteiger partial charge in [0, 0.05) is 5.56 Å². The standard InChI is InChI=1S/C17H14ClF3O2.C16H12ClF3O3/c1-10(22)12-4-3-5-13(8-12)11(2)23-16-7-6-14(9-15(16)18)17(19,20)21;1-9(10-3-2-4-11(7-10)15(21)22)23-14-6-5-12(8-13(14)17)16(18,19)20/h3-9,11H,1-2H3;2-9H,1H3,(H,21,22). The van der Waals surface area contributed by atoms with Crippen LogP contribution in [0.2, 0.25) is 10.0 Å². The molecule has 0 aliphatic carbocycles. The van der Waals surface area contributed by atoms with E-state index in [4.69, 9.17) is 37.8 Å². The zero-order valence-corrected chi connectivity index (χ0v) is 25.9. The third kappa shape index (κ3) is 9.89. The molecule has 0 amide bonds. The quantitative estimate of drug-likeness (QED) is 0.147. The van der Waals surface area contributed by atoms with Gasteiger partial charge in [-0.3, -0.25) is 4.79 Å². The molecule has 2 atom stereocenters. The normalized spacial score (nSPS) is 12.8. The molecule has 0 radical (unpaired) electrons. The smallest absolute Gasteiger partial charge is 0.416 e. The van der Waals surface area contributed by atoms with Gasteiger partial charge in [-0.05, 0) is 86.5 Å². The van der Waals surface area contributed by atoms with Gasteiger partial charge in [0.1, 0.15) is 23.7 Å². The number of carbonyl (C=O) groups is 2. The van der Waals surface area contributed by atoms with Crippen LogP contribution in [-0.4, -0.2) is 16.9 Å². The zero-order valence-electron chi connectivity index (χ0n) is 24.3. The Balaban J connectivity index is 0.000000250. The summed E-state index contributed by atoms with van der Waals surface area (Å²) in [6.45, 7) is 4.83. The first kappa shape index (κ1) is 36.3. The molecule has 0 fully saturated rings. The van der Waals surface area contributed by atoms with Gasteiger partial charge in [-0.25, -0.2) is 4.79 Å². The number of carbonyl (C=O) groups excluding carboxylic acids is 1. The highest BCUT2D eigenvalue weighted by Gasteiger charge is 2.32. The van der Waals surface area contributed by atoms with Gasteiger partial charge in [0.25, 0.3) is 0 Å². The molecule has 4 aromatic carbocycles. The highest BCUT2D eigenvalue weighted by Crippen LogP contribution is 2.37. The van der Waals surface area contributed by atoms with Gasteiger partial charge in [0.15, 0.2) is 5.78 Å². The molecule has 0 aliphatic heterocycles. The molecule has 0 heterocycles. The molecule has 244 valence electrons. The Kier molecular flexibility index (Phi) is 11.8. The second-order valence-electron chi connectivity index (χ2n) is 9.92. The van der Waals surface area contributed by atoms with E-state index in [-0.39, 0.29) is 32.9 Å². The number of alkyl halides is 6. The van der Waals surface area contributed by atoms with Crippen LogP contribution in [0, 0.1) is 0 Å². The van der Waals surface area contributed by atoms with E-state index in [0.717, 1.165) is 35.9 Å². The van der Waals surface area contributed by atoms with Gasteiger partial charge < -0.3 is 14.6 Å². The molecule has 5 nitrogen and oxygen atoms in total. The van der Waals surface area contributed by atoms with Crippen LogP contribution >= 0.6 is 23.2 Å². The molecule has 4 aromatic rings. The van der Waals surface area contributed by atoms with Gasteiger partial charge >= 0.3 is 18.3 Å². The average Bonchev–Trinajstić information content (AvgIpc) is 2.98. The Bertz CT molecular complexity index is 1580. The lowest BCUT2D eigenvalue weighted by molar-refractivity contribution is -0.138. The van der Waals surface area contributed by atoms with Gasteiger partial charge in [0.2, 0.25) is 0 Å². The van der Waals surface area contributed by atoms with E-state index in [0.29, 0.717) is 11.1 Å². The van der Waals surface area contributed by atoms with Crippen molar-refractivity contribution in [2.24, 2.45) is 0 Å². The van der Waals surface area contributed by atoms with Crippen molar-refractivity contribution in [3.8, 4) is 11.5 Å². The number of ether oxygens (including phenoxy) is 2. The molecule has 2 unspecified atom stereocenters. The molecule has 4 rings (SSSR count). The maximum atomic E-state index is 12.6. The van der Waals surface area contributed by atoms with Crippen molar-refractivity contribution >= 4 is 35.0 Å². The fourth-order valence-electron chi connectivity index (χ4n) is 4.00. The van der Waals surface area contributed by atoms with Gasteiger partial charge in [-0.15, -0.1) is 0 Å². The Labute approximate surface area is 270 Å². The minimum atomic E-state index is -4.48. The molecule has 0 saturated heterocycles. The van der Waals surface area contributed by atoms with Crippen molar-refractivity contribution in [2.45, 2.75) is 45.3 Å². The van der Waals surface area contributed by atoms with Gasteiger partial charge in [-0.1, -0.05) is 53.5 Å². The predicted octanol–water partition coefficient (Wildman–Crippen LogP) is 10.9. The van der Waals surface area contributed by atoms with Crippen molar-refractivity contribution in [3.05, 3.63) is 128 Å². The topological polar surface area (TPSA) is 72.8 Å². The summed E-state index contributed by atoms with van der Waals surface area (Å²) in [4.78, 5) is 22.3. The van der Waals surface area contributed by atoms with Crippen LogP contribution in [0.1, 0.15) is 75.9 Å². The molecule has 0 aliphatic rings. The summed E-state index contributed by atoms with van der Waals surface area (Å²) in [5.74, 6) is -0.911. The number of halogens is 8. The van der Waals surface area contributed by atoms with E-state index in [1.807, 2.05) is 0 Å². The zero-order chi connectivity index (χ0) is 34.4.